The second kappa shape index (κ2) is 9.95. The molecule has 0 saturated carbocycles. The molecule has 1 unspecified atom stereocenters. The van der Waals surface area contributed by atoms with Gasteiger partial charge in [-0.2, -0.15) is 0 Å². The molecule has 1 aromatic carbocycles. The predicted octanol–water partition coefficient (Wildman–Crippen LogP) is 3.00. The molecule has 1 saturated heterocycles. The molecule has 0 aliphatic carbocycles. The zero-order valence-corrected chi connectivity index (χ0v) is 15.3. The van der Waals surface area contributed by atoms with Gasteiger partial charge in [0.2, 0.25) is 0 Å². The Labute approximate surface area is 146 Å². The first-order valence-corrected chi connectivity index (χ1v) is 7.48. The van der Waals surface area contributed by atoms with Gasteiger partial charge in [0, 0.05) is 47.8 Å². The van der Waals surface area contributed by atoms with E-state index in [1.54, 1.807) is 0 Å². The molecule has 20 heavy (non-hydrogen) atoms. The number of carbonyl (C=O) groups excluding carboxylic acids is 1. The minimum atomic E-state index is 0. The van der Waals surface area contributed by atoms with Crippen LogP contribution in [0.15, 0.2) is 24.3 Å². The summed E-state index contributed by atoms with van der Waals surface area (Å²) in [7, 11) is 0. The summed E-state index contributed by atoms with van der Waals surface area (Å²) in [5.74, 6) is 0.247. The molecular formula is C14H21Cl2IN2O. The van der Waals surface area contributed by atoms with E-state index >= 15 is 0 Å². The number of nitrogens with zero attached hydrogens (tertiary/aromatic N) is 1. The lowest BCUT2D eigenvalue weighted by atomic mass is 10.1. The van der Waals surface area contributed by atoms with Gasteiger partial charge in [-0.3, -0.25) is 9.69 Å². The molecule has 1 heterocycles. The number of nitrogens with one attached hydrogen (secondary N) is 1. The number of piperazine rings is 1. The monoisotopic (exact) mass is 430 g/mol. The van der Waals surface area contributed by atoms with Gasteiger partial charge >= 0.3 is 0 Å². The number of halogens is 3. The van der Waals surface area contributed by atoms with E-state index in [9.17, 15) is 4.79 Å². The van der Waals surface area contributed by atoms with Crippen LogP contribution in [-0.2, 0) is 0 Å². The Balaban J connectivity index is 0.00000180. The number of ketones is 1. The van der Waals surface area contributed by atoms with E-state index in [-0.39, 0.29) is 30.6 Å². The van der Waals surface area contributed by atoms with Gasteiger partial charge in [-0.1, -0.05) is 12.1 Å². The lowest BCUT2D eigenvalue weighted by molar-refractivity contribution is 0.0942. The Morgan fingerprint density at radius 2 is 2.00 bits per heavy atom. The molecular weight excluding hydrogens is 410 g/mol. The second-order valence-corrected chi connectivity index (χ2v) is 6.01. The zero-order valence-electron chi connectivity index (χ0n) is 11.5. The molecule has 0 aromatic heterocycles. The lowest BCUT2D eigenvalue weighted by Crippen LogP contribution is -2.50. The van der Waals surface area contributed by atoms with E-state index in [1.807, 2.05) is 24.3 Å². The van der Waals surface area contributed by atoms with Crippen molar-refractivity contribution < 1.29 is 4.79 Å². The van der Waals surface area contributed by atoms with Crippen molar-refractivity contribution in [1.82, 2.24) is 10.2 Å². The number of carbonyl (C=O) groups is 1. The quantitative estimate of drug-likeness (QED) is 0.588. The van der Waals surface area contributed by atoms with Crippen molar-refractivity contribution in [3.63, 3.8) is 0 Å². The molecule has 6 heteroatoms. The molecule has 3 nitrogen and oxygen atoms in total. The molecule has 1 fully saturated rings. The predicted molar refractivity (Wildman–Crippen MR) is 96.5 cm³/mol. The maximum absolute atomic E-state index is 12.1. The SMILES string of the molecule is CC1CNCCN1CCC(=O)c1ccc(I)cc1.Cl.Cl. The molecule has 1 N–H and O–H groups in total. The fraction of sp³-hybridized carbons (Fsp3) is 0.500. The highest BCUT2D eigenvalue weighted by molar-refractivity contribution is 14.1. The number of rotatable bonds is 4. The summed E-state index contributed by atoms with van der Waals surface area (Å²) in [6, 6.07) is 8.35. The summed E-state index contributed by atoms with van der Waals surface area (Å²) in [5, 5.41) is 3.36. The maximum Gasteiger partial charge on any atom is 0.164 e. The average Bonchev–Trinajstić information content (AvgIpc) is 2.38. The van der Waals surface area contributed by atoms with Crippen LogP contribution in [0.1, 0.15) is 23.7 Å². The van der Waals surface area contributed by atoms with Gasteiger partial charge in [0.1, 0.15) is 0 Å². The summed E-state index contributed by atoms with van der Waals surface area (Å²) >= 11 is 2.25. The molecule has 1 aromatic rings. The summed E-state index contributed by atoms with van der Waals surface area (Å²) in [5.41, 5.74) is 0.832. The van der Waals surface area contributed by atoms with Gasteiger partial charge in [-0.05, 0) is 41.6 Å². The molecule has 0 amide bonds. The van der Waals surface area contributed by atoms with Crippen LogP contribution in [0.4, 0.5) is 0 Å². The van der Waals surface area contributed by atoms with Crippen LogP contribution in [-0.4, -0.2) is 42.9 Å². The highest BCUT2D eigenvalue weighted by atomic mass is 127. The van der Waals surface area contributed by atoms with Crippen LogP contribution in [0, 0.1) is 3.57 Å². The van der Waals surface area contributed by atoms with Crippen molar-refractivity contribution in [3.05, 3.63) is 33.4 Å². The highest BCUT2D eigenvalue weighted by Crippen LogP contribution is 2.10. The highest BCUT2D eigenvalue weighted by Gasteiger charge is 2.18. The van der Waals surface area contributed by atoms with Crippen molar-refractivity contribution in [3.8, 4) is 0 Å². The summed E-state index contributed by atoms with van der Waals surface area (Å²) in [4.78, 5) is 14.5. The first-order valence-electron chi connectivity index (χ1n) is 6.40. The average molecular weight is 431 g/mol. The fourth-order valence-corrected chi connectivity index (χ4v) is 2.60. The number of hydrogen-bond donors (Lipinski definition) is 1. The van der Waals surface area contributed by atoms with E-state index in [0.29, 0.717) is 12.5 Å². The van der Waals surface area contributed by atoms with E-state index in [1.165, 1.54) is 3.57 Å². The Morgan fingerprint density at radius 3 is 2.60 bits per heavy atom. The summed E-state index contributed by atoms with van der Waals surface area (Å²) in [6.07, 6.45) is 0.616. The smallest absolute Gasteiger partial charge is 0.164 e. The molecule has 0 radical (unpaired) electrons. The third-order valence-electron chi connectivity index (χ3n) is 3.43. The normalized spacial score (nSPS) is 18.8. The Kier molecular flexibility index (Phi) is 10.0. The first-order chi connectivity index (χ1) is 8.66. The van der Waals surface area contributed by atoms with Crippen LogP contribution < -0.4 is 5.32 Å². The van der Waals surface area contributed by atoms with Crippen molar-refractivity contribution in [2.24, 2.45) is 0 Å². The van der Waals surface area contributed by atoms with Crippen molar-refractivity contribution in [2.45, 2.75) is 19.4 Å². The molecule has 1 aliphatic heterocycles. The molecule has 0 bridgehead atoms. The van der Waals surface area contributed by atoms with Crippen LogP contribution in [0.5, 0.6) is 0 Å². The van der Waals surface area contributed by atoms with Gasteiger partial charge in [0.25, 0.3) is 0 Å². The minimum Gasteiger partial charge on any atom is -0.314 e. The van der Waals surface area contributed by atoms with Crippen LogP contribution >= 0.6 is 47.4 Å². The van der Waals surface area contributed by atoms with Crippen molar-refractivity contribution in [2.75, 3.05) is 26.2 Å². The molecule has 1 aliphatic rings. The van der Waals surface area contributed by atoms with E-state index < -0.39 is 0 Å². The zero-order chi connectivity index (χ0) is 13.0. The third-order valence-corrected chi connectivity index (χ3v) is 4.15. The largest absolute Gasteiger partial charge is 0.314 e. The Morgan fingerprint density at radius 1 is 1.35 bits per heavy atom. The topological polar surface area (TPSA) is 32.3 Å². The van der Waals surface area contributed by atoms with Crippen LogP contribution in [0.25, 0.3) is 0 Å². The van der Waals surface area contributed by atoms with Gasteiger partial charge in [0.15, 0.2) is 5.78 Å². The Hall–Kier alpha value is 0.120. The number of benzene rings is 1. The molecule has 0 spiro atoms. The lowest BCUT2D eigenvalue weighted by Gasteiger charge is -2.33. The Bertz CT molecular complexity index is 414. The van der Waals surface area contributed by atoms with Gasteiger partial charge in [0.05, 0.1) is 0 Å². The first kappa shape index (κ1) is 20.1. The summed E-state index contributed by atoms with van der Waals surface area (Å²) < 4.78 is 1.17. The maximum atomic E-state index is 12.1. The second-order valence-electron chi connectivity index (χ2n) is 4.77. The van der Waals surface area contributed by atoms with Crippen LogP contribution in [0.3, 0.4) is 0 Å². The van der Waals surface area contributed by atoms with Gasteiger partial charge in [-0.15, -0.1) is 24.8 Å². The van der Waals surface area contributed by atoms with Gasteiger partial charge in [-0.25, -0.2) is 0 Å². The van der Waals surface area contributed by atoms with Gasteiger partial charge < -0.3 is 5.32 Å². The number of hydrogen-bond acceptors (Lipinski definition) is 3. The third kappa shape index (κ3) is 5.85. The van der Waals surface area contributed by atoms with E-state index in [2.05, 4.69) is 39.7 Å². The van der Waals surface area contributed by atoms with Crippen molar-refractivity contribution >= 4 is 53.2 Å². The standard InChI is InChI=1S/C14H19IN2O.2ClH/c1-11-10-16-7-9-17(11)8-6-14(18)12-2-4-13(15)5-3-12;;/h2-5,11,16H,6-10H2,1H3;2*1H. The minimum absolute atomic E-state index is 0. The molecule has 114 valence electrons. The fourth-order valence-electron chi connectivity index (χ4n) is 2.24. The molecule has 1 atom stereocenters. The summed E-state index contributed by atoms with van der Waals surface area (Å²) in [6.45, 7) is 6.18. The van der Waals surface area contributed by atoms with Crippen LogP contribution in [0.2, 0.25) is 0 Å². The van der Waals surface area contributed by atoms with E-state index in [4.69, 9.17) is 0 Å². The van der Waals surface area contributed by atoms with E-state index in [0.717, 1.165) is 31.7 Å². The molecule has 2 rings (SSSR count). The van der Waals surface area contributed by atoms with Crippen molar-refractivity contribution in [1.29, 1.82) is 0 Å². The number of Topliss-reactive ketones (excluding diaryl/α,β-unsaturated/α-hetero) is 1.